The molecule has 1 fully saturated rings. The average molecular weight is 341 g/mol. The van der Waals surface area contributed by atoms with Crippen molar-refractivity contribution in [2.24, 2.45) is 0 Å². The molecule has 2 heterocycles. The molecule has 0 radical (unpaired) electrons. The molecule has 1 aromatic rings. The molecule has 0 spiro atoms. The van der Waals surface area contributed by atoms with Gasteiger partial charge in [-0.1, -0.05) is 18.2 Å². The van der Waals surface area contributed by atoms with Gasteiger partial charge in [0, 0.05) is 32.1 Å². The number of carbonyl (C=O) groups excluding carboxylic acids is 1. The van der Waals surface area contributed by atoms with Gasteiger partial charge >= 0.3 is 0 Å². The van der Waals surface area contributed by atoms with E-state index in [1.165, 1.54) is 17.7 Å². The molecule has 3 rings (SSSR count). The lowest BCUT2D eigenvalue weighted by molar-refractivity contribution is -0.132. The molecule has 1 amide bonds. The molecule has 126 valence electrons. The Hall–Kier alpha value is -1.43. The second-order valence-corrected chi connectivity index (χ2v) is 5.76. The summed E-state index contributed by atoms with van der Waals surface area (Å²) in [6, 6.07) is 6.66. The first-order chi connectivity index (χ1) is 10.7. The Balaban J connectivity index is 0.00000192. The number of amides is 1. The topological polar surface area (TPSA) is 41.6 Å². The molecule has 23 heavy (non-hydrogen) atoms. The monoisotopic (exact) mass is 340 g/mol. The Morgan fingerprint density at radius 2 is 2.13 bits per heavy atom. The minimum absolute atomic E-state index is 0. The van der Waals surface area contributed by atoms with E-state index in [1.807, 2.05) is 4.90 Å². The van der Waals surface area contributed by atoms with E-state index in [9.17, 15) is 9.18 Å². The van der Waals surface area contributed by atoms with Crippen LogP contribution in [-0.2, 0) is 9.53 Å². The zero-order chi connectivity index (χ0) is 15.4. The largest absolute Gasteiger partial charge is 0.378 e. The number of carbonyl (C=O) groups is 1. The standard InChI is InChI=1S/C17H21FN2O2.ClH/c18-15-3-1-13(2-4-15)14-5-8-20(9-6-14)17(21)11-16-12-22-10-7-19-16;/h1-5,16,19H,6-12H2;1H. The van der Waals surface area contributed by atoms with Crippen molar-refractivity contribution in [2.45, 2.75) is 18.9 Å². The molecule has 6 heteroatoms. The predicted molar refractivity (Wildman–Crippen MR) is 90.0 cm³/mol. The molecule has 2 aliphatic heterocycles. The normalized spacial score (nSPS) is 21.3. The number of hydrogen-bond donors (Lipinski definition) is 1. The number of halogens is 2. The predicted octanol–water partition coefficient (Wildman–Crippen LogP) is 2.24. The zero-order valence-electron chi connectivity index (χ0n) is 13.0. The maximum Gasteiger partial charge on any atom is 0.224 e. The number of hydrogen-bond acceptors (Lipinski definition) is 3. The molecule has 1 N–H and O–H groups in total. The van der Waals surface area contributed by atoms with Crippen molar-refractivity contribution < 1.29 is 13.9 Å². The lowest BCUT2D eigenvalue weighted by Gasteiger charge is -2.30. The van der Waals surface area contributed by atoms with Gasteiger partial charge in [-0.25, -0.2) is 4.39 Å². The number of nitrogens with zero attached hydrogens (tertiary/aromatic N) is 1. The highest BCUT2D eigenvalue weighted by molar-refractivity contribution is 5.85. The second kappa shape index (κ2) is 8.43. The van der Waals surface area contributed by atoms with Crippen molar-refractivity contribution in [3.8, 4) is 0 Å². The Kier molecular flexibility index (Phi) is 6.57. The van der Waals surface area contributed by atoms with Gasteiger partial charge in [0.15, 0.2) is 0 Å². The lowest BCUT2D eigenvalue weighted by atomic mass is 9.99. The lowest BCUT2D eigenvalue weighted by Crippen LogP contribution is -2.45. The average Bonchev–Trinajstić information content (AvgIpc) is 2.57. The van der Waals surface area contributed by atoms with Crippen molar-refractivity contribution in [1.82, 2.24) is 10.2 Å². The minimum Gasteiger partial charge on any atom is -0.378 e. The van der Waals surface area contributed by atoms with Gasteiger partial charge in [-0.05, 0) is 29.7 Å². The van der Waals surface area contributed by atoms with Crippen LogP contribution in [0.3, 0.4) is 0 Å². The van der Waals surface area contributed by atoms with Crippen LogP contribution in [0, 0.1) is 5.82 Å². The van der Waals surface area contributed by atoms with Crippen LogP contribution in [0.5, 0.6) is 0 Å². The number of morpholine rings is 1. The van der Waals surface area contributed by atoms with Crippen LogP contribution in [0.25, 0.3) is 5.57 Å². The molecular weight excluding hydrogens is 319 g/mol. The Morgan fingerprint density at radius 1 is 1.35 bits per heavy atom. The van der Waals surface area contributed by atoms with E-state index in [0.29, 0.717) is 19.6 Å². The summed E-state index contributed by atoms with van der Waals surface area (Å²) in [5, 5.41) is 3.31. The van der Waals surface area contributed by atoms with Crippen molar-refractivity contribution >= 4 is 23.9 Å². The van der Waals surface area contributed by atoms with Gasteiger partial charge in [-0.2, -0.15) is 0 Å². The molecule has 0 saturated carbocycles. The molecular formula is C17H22ClFN2O2. The van der Waals surface area contributed by atoms with Gasteiger partial charge in [0.25, 0.3) is 0 Å². The van der Waals surface area contributed by atoms with Gasteiger partial charge < -0.3 is 15.0 Å². The first-order valence-electron chi connectivity index (χ1n) is 7.76. The van der Waals surface area contributed by atoms with Crippen LogP contribution < -0.4 is 5.32 Å². The maximum atomic E-state index is 13.0. The van der Waals surface area contributed by atoms with Crippen molar-refractivity contribution in [3.05, 3.63) is 41.7 Å². The Morgan fingerprint density at radius 3 is 2.74 bits per heavy atom. The quantitative estimate of drug-likeness (QED) is 0.917. The Bertz CT molecular complexity index is 556. The second-order valence-electron chi connectivity index (χ2n) is 5.76. The fourth-order valence-electron chi connectivity index (χ4n) is 2.91. The van der Waals surface area contributed by atoms with Gasteiger partial charge in [-0.3, -0.25) is 4.79 Å². The fraction of sp³-hybridized carbons (Fsp3) is 0.471. The molecule has 1 unspecified atom stereocenters. The number of ether oxygens (including phenoxy) is 1. The molecule has 1 aromatic carbocycles. The summed E-state index contributed by atoms with van der Waals surface area (Å²) in [6.07, 6.45) is 3.37. The van der Waals surface area contributed by atoms with Crippen LogP contribution in [0.2, 0.25) is 0 Å². The van der Waals surface area contributed by atoms with E-state index in [1.54, 1.807) is 12.1 Å². The Labute approximate surface area is 142 Å². The summed E-state index contributed by atoms with van der Waals surface area (Å²) in [5.74, 6) is -0.0587. The summed E-state index contributed by atoms with van der Waals surface area (Å²) >= 11 is 0. The highest BCUT2D eigenvalue weighted by Gasteiger charge is 2.22. The molecule has 4 nitrogen and oxygen atoms in total. The third-order valence-corrected chi connectivity index (χ3v) is 4.20. The molecule has 2 aliphatic rings. The third kappa shape index (κ3) is 4.77. The molecule has 1 saturated heterocycles. The highest BCUT2D eigenvalue weighted by Crippen LogP contribution is 2.23. The van der Waals surface area contributed by atoms with E-state index < -0.39 is 0 Å². The summed E-state index contributed by atoms with van der Waals surface area (Å²) in [5.41, 5.74) is 2.22. The molecule has 0 aromatic heterocycles. The van der Waals surface area contributed by atoms with Crippen LogP contribution >= 0.6 is 12.4 Å². The van der Waals surface area contributed by atoms with E-state index >= 15 is 0 Å². The number of rotatable bonds is 3. The van der Waals surface area contributed by atoms with Crippen molar-refractivity contribution in [3.63, 3.8) is 0 Å². The minimum atomic E-state index is -0.223. The molecule has 0 bridgehead atoms. The van der Waals surface area contributed by atoms with Crippen LogP contribution in [0.1, 0.15) is 18.4 Å². The highest BCUT2D eigenvalue weighted by atomic mass is 35.5. The summed E-state index contributed by atoms with van der Waals surface area (Å²) < 4.78 is 18.3. The third-order valence-electron chi connectivity index (χ3n) is 4.20. The summed E-state index contributed by atoms with van der Waals surface area (Å²) in [4.78, 5) is 14.2. The fourth-order valence-corrected chi connectivity index (χ4v) is 2.91. The number of benzene rings is 1. The van der Waals surface area contributed by atoms with E-state index in [2.05, 4.69) is 11.4 Å². The van der Waals surface area contributed by atoms with Crippen molar-refractivity contribution in [2.75, 3.05) is 32.8 Å². The van der Waals surface area contributed by atoms with Crippen LogP contribution in [0.4, 0.5) is 4.39 Å². The number of nitrogens with one attached hydrogen (secondary N) is 1. The van der Waals surface area contributed by atoms with Gasteiger partial charge in [0.2, 0.25) is 5.91 Å². The van der Waals surface area contributed by atoms with Gasteiger partial charge in [0.1, 0.15) is 5.82 Å². The summed E-state index contributed by atoms with van der Waals surface area (Å²) in [6.45, 7) is 3.48. The van der Waals surface area contributed by atoms with Crippen molar-refractivity contribution in [1.29, 1.82) is 0 Å². The first-order valence-corrected chi connectivity index (χ1v) is 7.76. The smallest absolute Gasteiger partial charge is 0.224 e. The van der Waals surface area contributed by atoms with E-state index in [-0.39, 0.29) is 30.2 Å². The van der Waals surface area contributed by atoms with E-state index in [4.69, 9.17) is 4.74 Å². The molecule has 0 aliphatic carbocycles. The zero-order valence-corrected chi connectivity index (χ0v) is 13.8. The van der Waals surface area contributed by atoms with Crippen LogP contribution in [0.15, 0.2) is 30.3 Å². The molecule has 1 atom stereocenters. The summed E-state index contributed by atoms with van der Waals surface area (Å²) in [7, 11) is 0. The first kappa shape index (κ1) is 17.9. The van der Waals surface area contributed by atoms with E-state index in [0.717, 1.165) is 31.7 Å². The van der Waals surface area contributed by atoms with Gasteiger partial charge in [-0.15, -0.1) is 12.4 Å². The van der Waals surface area contributed by atoms with Gasteiger partial charge in [0.05, 0.1) is 13.2 Å². The maximum absolute atomic E-state index is 13.0. The van der Waals surface area contributed by atoms with Crippen LogP contribution in [-0.4, -0.2) is 49.7 Å². The SMILES string of the molecule is Cl.O=C(CC1COCCN1)N1CC=C(c2ccc(F)cc2)CC1.